The summed E-state index contributed by atoms with van der Waals surface area (Å²) >= 11 is 0. The molecule has 0 aromatic rings. The lowest BCUT2D eigenvalue weighted by Crippen LogP contribution is -2.57. The van der Waals surface area contributed by atoms with Gasteiger partial charge in [-0.25, -0.2) is 17.6 Å². The number of halogens is 4. The molecule has 29 heavy (non-hydrogen) atoms. The highest BCUT2D eigenvalue weighted by molar-refractivity contribution is 5.88. The van der Waals surface area contributed by atoms with Crippen LogP contribution in [0.3, 0.4) is 0 Å². The Morgan fingerprint density at radius 3 is 2.03 bits per heavy atom. The molecule has 2 rings (SSSR count). The van der Waals surface area contributed by atoms with Crippen LogP contribution in [0, 0.1) is 11.8 Å². The van der Waals surface area contributed by atoms with Gasteiger partial charge in [-0.15, -0.1) is 0 Å². The first-order chi connectivity index (χ1) is 13.4. The molecule has 9 heteroatoms. The maximum Gasteiger partial charge on any atom is 0.251 e. The summed E-state index contributed by atoms with van der Waals surface area (Å²) in [7, 11) is 0. The van der Waals surface area contributed by atoms with Gasteiger partial charge in [0.1, 0.15) is 6.04 Å². The van der Waals surface area contributed by atoms with Crippen LogP contribution in [0.1, 0.15) is 59.3 Å². The third-order valence-electron chi connectivity index (χ3n) is 5.80. The highest BCUT2D eigenvalue weighted by atomic mass is 19.3. The number of ether oxygens (including phenoxy) is 1. The van der Waals surface area contributed by atoms with E-state index in [-0.39, 0.29) is 50.3 Å². The Morgan fingerprint density at radius 2 is 1.52 bits per heavy atom. The van der Waals surface area contributed by atoms with E-state index in [4.69, 9.17) is 4.74 Å². The second-order valence-electron chi connectivity index (χ2n) is 8.66. The van der Waals surface area contributed by atoms with Gasteiger partial charge < -0.3 is 15.0 Å². The Bertz CT molecular complexity index is 566. The zero-order valence-corrected chi connectivity index (χ0v) is 17.4. The third-order valence-corrected chi connectivity index (χ3v) is 5.80. The fourth-order valence-electron chi connectivity index (χ4n) is 3.60. The SMILES string of the molecule is CC(C)C(=O)NC(C(=O)N1CCC(F)(F)CC1)C(C)OCC1CCC(F)(F)CC1. The van der Waals surface area contributed by atoms with Gasteiger partial charge in [0.25, 0.3) is 5.92 Å². The van der Waals surface area contributed by atoms with Crippen LogP contribution in [-0.4, -0.2) is 60.4 Å². The summed E-state index contributed by atoms with van der Waals surface area (Å²) in [5.41, 5.74) is 0. The lowest BCUT2D eigenvalue weighted by molar-refractivity contribution is -0.147. The Kier molecular flexibility index (Phi) is 7.93. The van der Waals surface area contributed by atoms with E-state index in [9.17, 15) is 27.2 Å². The standard InChI is InChI=1S/C20H32F4N2O3/c1-13(2)17(27)25-16(18(28)26-10-8-20(23,24)9-11-26)14(3)29-12-15-4-6-19(21,22)7-5-15/h13-16H,4-12H2,1-3H3,(H,25,27). The number of hydrogen-bond acceptors (Lipinski definition) is 3. The van der Waals surface area contributed by atoms with Gasteiger partial charge in [-0.3, -0.25) is 9.59 Å². The van der Waals surface area contributed by atoms with Crippen LogP contribution in [0.5, 0.6) is 0 Å². The summed E-state index contributed by atoms with van der Waals surface area (Å²) < 4.78 is 59.2. The number of carbonyl (C=O) groups is 2. The summed E-state index contributed by atoms with van der Waals surface area (Å²) in [6, 6.07) is -0.998. The van der Waals surface area contributed by atoms with Crippen molar-refractivity contribution in [2.75, 3.05) is 19.7 Å². The van der Waals surface area contributed by atoms with Crippen molar-refractivity contribution < 1.29 is 31.9 Å². The summed E-state index contributed by atoms with van der Waals surface area (Å²) in [4.78, 5) is 26.5. The molecule has 2 atom stereocenters. The van der Waals surface area contributed by atoms with Crippen molar-refractivity contribution in [3.05, 3.63) is 0 Å². The second-order valence-corrected chi connectivity index (χ2v) is 8.66. The van der Waals surface area contributed by atoms with Gasteiger partial charge in [-0.1, -0.05) is 13.8 Å². The molecule has 1 N–H and O–H groups in total. The van der Waals surface area contributed by atoms with Crippen LogP contribution in [0.4, 0.5) is 17.6 Å². The smallest absolute Gasteiger partial charge is 0.251 e. The quantitative estimate of drug-likeness (QED) is 0.635. The molecule has 1 aliphatic heterocycles. The molecule has 2 unspecified atom stereocenters. The van der Waals surface area contributed by atoms with E-state index in [0.29, 0.717) is 12.8 Å². The molecular weight excluding hydrogens is 392 g/mol. The Hall–Kier alpha value is -1.38. The van der Waals surface area contributed by atoms with E-state index in [1.165, 1.54) is 4.90 Å². The molecule has 0 aromatic carbocycles. The maximum absolute atomic E-state index is 13.4. The number of piperidine rings is 1. The zero-order valence-electron chi connectivity index (χ0n) is 17.4. The maximum atomic E-state index is 13.4. The van der Waals surface area contributed by atoms with Crippen LogP contribution >= 0.6 is 0 Å². The summed E-state index contributed by atoms with van der Waals surface area (Å²) in [6.45, 7) is 5.07. The molecule has 0 spiro atoms. The predicted octanol–water partition coefficient (Wildman–Crippen LogP) is 3.62. The Morgan fingerprint density at radius 1 is 1.00 bits per heavy atom. The van der Waals surface area contributed by atoms with Gasteiger partial charge in [-0.05, 0) is 25.7 Å². The first-order valence-electron chi connectivity index (χ1n) is 10.4. The number of nitrogens with zero attached hydrogens (tertiary/aromatic N) is 1. The zero-order chi connectivity index (χ0) is 21.8. The predicted molar refractivity (Wildman–Crippen MR) is 99.8 cm³/mol. The summed E-state index contributed by atoms with van der Waals surface area (Å²) in [6.07, 6.45) is -1.18. The Balaban J connectivity index is 1.97. The van der Waals surface area contributed by atoms with Crippen molar-refractivity contribution in [3.8, 4) is 0 Å². The summed E-state index contributed by atoms with van der Waals surface area (Å²) in [5, 5.41) is 2.67. The fraction of sp³-hybridized carbons (Fsp3) is 0.900. The van der Waals surface area contributed by atoms with Crippen LogP contribution < -0.4 is 5.32 Å². The van der Waals surface area contributed by atoms with Gasteiger partial charge in [0.05, 0.1) is 6.10 Å². The molecule has 2 fully saturated rings. The van der Waals surface area contributed by atoms with Crippen molar-refractivity contribution in [1.82, 2.24) is 10.2 Å². The van der Waals surface area contributed by atoms with E-state index in [2.05, 4.69) is 5.32 Å². The lowest BCUT2D eigenvalue weighted by Gasteiger charge is -2.36. The largest absolute Gasteiger partial charge is 0.376 e. The topological polar surface area (TPSA) is 58.6 Å². The van der Waals surface area contributed by atoms with Gasteiger partial charge in [-0.2, -0.15) is 0 Å². The molecule has 0 bridgehead atoms. The van der Waals surface area contributed by atoms with E-state index < -0.39 is 42.7 Å². The first-order valence-corrected chi connectivity index (χ1v) is 10.4. The average molecular weight is 424 g/mol. The first kappa shape index (κ1) is 23.9. The number of nitrogens with one attached hydrogen (secondary N) is 1. The molecule has 168 valence electrons. The number of alkyl halides is 4. The Labute approximate surface area is 169 Å². The second kappa shape index (κ2) is 9.62. The normalized spacial score (nSPS) is 24.2. The van der Waals surface area contributed by atoms with Crippen molar-refractivity contribution in [1.29, 1.82) is 0 Å². The van der Waals surface area contributed by atoms with E-state index in [1.807, 2.05) is 0 Å². The van der Waals surface area contributed by atoms with Gasteiger partial charge in [0.15, 0.2) is 0 Å². The van der Waals surface area contributed by atoms with Crippen molar-refractivity contribution in [2.45, 2.75) is 83.3 Å². The molecule has 1 saturated carbocycles. The highest BCUT2D eigenvalue weighted by Gasteiger charge is 2.40. The number of likely N-dealkylation sites (tertiary alicyclic amines) is 1. The fourth-order valence-corrected chi connectivity index (χ4v) is 3.60. The molecule has 0 radical (unpaired) electrons. The highest BCUT2D eigenvalue weighted by Crippen LogP contribution is 2.36. The van der Waals surface area contributed by atoms with Crippen LogP contribution in [0.25, 0.3) is 0 Å². The third kappa shape index (κ3) is 7.12. The van der Waals surface area contributed by atoms with E-state index in [1.54, 1.807) is 20.8 Å². The van der Waals surface area contributed by atoms with Crippen LogP contribution in [-0.2, 0) is 14.3 Å². The van der Waals surface area contributed by atoms with Gasteiger partial charge in [0.2, 0.25) is 17.7 Å². The van der Waals surface area contributed by atoms with Crippen LogP contribution in [0.2, 0.25) is 0 Å². The van der Waals surface area contributed by atoms with Crippen LogP contribution in [0.15, 0.2) is 0 Å². The number of amides is 2. The lowest BCUT2D eigenvalue weighted by atomic mass is 9.87. The average Bonchev–Trinajstić information content (AvgIpc) is 2.64. The number of carbonyl (C=O) groups excluding carboxylic acids is 2. The monoisotopic (exact) mass is 424 g/mol. The molecular formula is C20H32F4N2O3. The molecule has 2 aliphatic rings. The number of rotatable bonds is 7. The number of hydrogen-bond donors (Lipinski definition) is 1. The minimum absolute atomic E-state index is 0.0256. The minimum Gasteiger partial charge on any atom is -0.376 e. The minimum atomic E-state index is -2.78. The van der Waals surface area contributed by atoms with Gasteiger partial charge in [0, 0.05) is 51.3 Å². The molecule has 2 amide bonds. The molecule has 0 aromatic heterocycles. The molecule has 1 heterocycles. The molecule has 1 aliphatic carbocycles. The van der Waals surface area contributed by atoms with E-state index in [0.717, 1.165) is 0 Å². The van der Waals surface area contributed by atoms with Crippen molar-refractivity contribution in [3.63, 3.8) is 0 Å². The van der Waals surface area contributed by atoms with Gasteiger partial charge >= 0.3 is 0 Å². The molecule has 5 nitrogen and oxygen atoms in total. The molecule has 1 saturated heterocycles. The van der Waals surface area contributed by atoms with E-state index >= 15 is 0 Å². The summed E-state index contributed by atoms with van der Waals surface area (Å²) in [5.74, 6) is -6.57. The van der Waals surface area contributed by atoms with Crippen molar-refractivity contribution in [2.24, 2.45) is 11.8 Å². The van der Waals surface area contributed by atoms with Crippen molar-refractivity contribution >= 4 is 11.8 Å².